The average molecular weight is 367 g/mol. The third-order valence-electron chi connectivity index (χ3n) is 4.71. The quantitative estimate of drug-likeness (QED) is 0.611. The Bertz CT molecular complexity index is 907. The summed E-state index contributed by atoms with van der Waals surface area (Å²) in [7, 11) is 1.65. The minimum Gasteiger partial charge on any atom is -0.383 e. The molecule has 2 heterocycles. The Morgan fingerprint density at radius 3 is 2.74 bits per heavy atom. The summed E-state index contributed by atoms with van der Waals surface area (Å²) in [6.45, 7) is 5.62. The van der Waals surface area contributed by atoms with Gasteiger partial charge in [0.2, 0.25) is 5.91 Å². The van der Waals surface area contributed by atoms with Crippen LogP contribution >= 0.6 is 0 Å². The van der Waals surface area contributed by atoms with Crippen molar-refractivity contribution in [3.63, 3.8) is 0 Å². The SMILES string of the molecule is COCCN(Cc1ccccc1)C(=O)CCc1c(C)nc2ncnn2c1C. The van der Waals surface area contributed by atoms with Crippen LogP contribution < -0.4 is 0 Å². The van der Waals surface area contributed by atoms with Crippen LogP contribution in [0.3, 0.4) is 0 Å². The zero-order valence-electron chi connectivity index (χ0n) is 16.1. The Hall–Kier alpha value is -2.80. The van der Waals surface area contributed by atoms with E-state index >= 15 is 0 Å². The van der Waals surface area contributed by atoms with Gasteiger partial charge in [0.25, 0.3) is 5.78 Å². The summed E-state index contributed by atoms with van der Waals surface area (Å²) in [5.41, 5.74) is 4.04. The highest BCUT2D eigenvalue weighted by atomic mass is 16.5. The van der Waals surface area contributed by atoms with E-state index in [4.69, 9.17) is 4.74 Å². The van der Waals surface area contributed by atoms with Gasteiger partial charge in [0.1, 0.15) is 6.33 Å². The van der Waals surface area contributed by atoms with E-state index in [1.165, 1.54) is 6.33 Å². The topological polar surface area (TPSA) is 72.6 Å². The van der Waals surface area contributed by atoms with Crippen LogP contribution in [-0.2, 0) is 22.5 Å². The molecule has 0 atom stereocenters. The minimum atomic E-state index is 0.105. The molecule has 0 unspecified atom stereocenters. The molecule has 142 valence electrons. The number of amides is 1. The van der Waals surface area contributed by atoms with Crippen LogP contribution in [0.15, 0.2) is 36.7 Å². The molecule has 0 N–H and O–H groups in total. The van der Waals surface area contributed by atoms with Crippen LogP contribution in [0.1, 0.15) is 28.9 Å². The molecule has 0 aliphatic heterocycles. The lowest BCUT2D eigenvalue weighted by molar-refractivity contribution is -0.132. The first-order valence-corrected chi connectivity index (χ1v) is 9.06. The summed E-state index contributed by atoms with van der Waals surface area (Å²) in [5, 5.41) is 4.21. The van der Waals surface area contributed by atoms with Crippen molar-refractivity contribution >= 4 is 11.7 Å². The van der Waals surface area contributed by atoms with Gasteiger partial charge >= 0.3 is 0 Å². The zero-order valence-corrected chi connectivity index (χ0v) is 16.1. The molecule has 0 bridgehead atoms. The first-order valence-electron chi connectivity index (χ1n) is 9.06. The summed E-state index contributed by atoms with van der Waals surface area (Å²) in [5.74, 6) is 0.694. The molecule has 2 aromatic heterocycles. The van der Waals surface area contributed by atoms with Gasteiger partial charge < -0.3 is 9.64 Å². The zero-order chi connectivity index (χ0) is 19.2. The Balaban J connectivity index is 1.72. The number of hydrogen-bond donors (Lipinski definition) is 0. The van der Waals surface area contributed by atoms with Crippen molar-refractivity contribution in [1.29, 1.82) is 0 Å². The van der Waals surface area contributed by atoms with E-state index in [2.05, 4.69) is 15.1 Å². The van der Waals surface area contributed by atoms with E-state index in [0.717, 1.165) is 22.5 Å². The molecular formula is C20H25N5O2. The molecule has 7 nitrogen and oxygen atoms in total. The fourth-order valence-electron chi connectivity index (χ4n) is 3.20. The van der Waals surface area contributed by atoms with Gasteiger partial charge in [-0.15, -0.1) is 0 Å². The van der Waals surface area contributed by atoms with Gasteiger partial charge in [0.15, 0.2) is 0 Å². The number of methoxy groups -OCH3 is 1. The van der Waals surface area contributed by atoms with Gasteiger partial charge in [-0.05, 0) is 31.4 Å². The molecule has 0 radical (unpaired) electrons. The molecule has 0 saturated carbocycles. The summed E-state index contributed by atoms with van der Waals surface area (Å²) >= 11 is 0. The van der Waals surface area contributed by atoms with E-state index in [-0.39, 0.29) is 5.91 Å². The van der Waals surface area contributed by atoms with Crippen molar-refractivity contribution < 1.29 is 9.53 Å². The summed E-state index contributed by atoms with van der Waals surface area (Å²) in [6, 6.07) is 10.0. The molecule has 0 spiro atoms. The van der Waals surface area contributed by atoms with E-state index in [9.17, 15) is 4.79 Å². The first kappa shape index (κ1) is 19.0. The second-order valence-electron chi connectivity index (χ2n) is 6.53. The van der Waals surface area contributed by atoms with E-state index in [0.29, 0.717) is 38.3 Å². The lowest BCUT2D eigenvalue weighted by Gasteiger charge is -2.23. The molecule has 1 amide bonds. The third kappa shape index (κ3) is 4.49. The van der Waals surface area contributed by atoms with Gasteiger partial charge in [-0.25, -0.2) is 9.50 Å². The number of hydrogen-bond acceptors (Lipinski definition) is 5. The molecule has 3 aromatic rings. The van der Waals surface area contributed by atoms with Gasteiger partial charge in [-0.3, -0.25) is 4.79 Å². The number of carbonyl (C=O) groups is 1. The fraction of sp³-hybridized carbons (Fsp3) is 0.400. The fourth-order valence-corrected chi connectivity index (χ4v) is 3.20. The maximum atomic E-state index is 12.9. The molecule has 0 fully saturated rings. The van der Waals surface area contributed by atoms with E-state index in [1.807, 2.05) is 49.1 Å². The van der Waals surface area contributed by atoms with Crippen molar-refractivity contribution in [2.75, 3.05) is 20.3 Å². The van der Waals surface area contributed by atoms with Crippen LogP contribution in [0, 0.1) is 13.8 Å². The van der Waals surface area contributed by atoms with Gasteiger partial charge in [-0.1, -0.05) is 30.3 Å². The van der Waals surface area contributed by atoms with Crippen molar-refractivity contribution in [1.82, 2.24) is 24.5 Å². The molecule has 3 rings (SSSR count). The molecule has 0 saturated heterocycles. The highest BCUT2D eigenvalue weighted by molar-refractivity contribution is 5.76. The number of ether oxygens (including phenoxy) is 1. The van der Waals surface area contributed by atoms with Gasteiger partial charge in [0, 0.05) is 38.0 Å². The number of carbonyl (C=O) groups excluding carboxylic acids is 1. The van der Waals surface area contributed by atoms with Crippen molar-refractivity contribution in [3.8, 4) is 0 Å². The number of aromatic nitrogens is 4. The Labute approximate surface area is 159 Å². The van der Waals surface area contributed by atoms with Crippen LogP contribution in [0.5, 0.6) is 0 Å². The van der Waals surface area contributed by atoms with Crippen LogP contribution in [-0.4, -0.2) is 50.7 Å². The highest BCUT2D eigenvalue weighted by Gasteiger charge is 2.17. The first-order chi connectivity index (χ1) is 13.1. The summed E-state index contributed by atoms with van der Waals surface area (Å²) < 4.78 is 6.90. The molecule has 1 aromatic carbocycles. The van der Waals surface area contributed by atoms with Crippen LogP contribution in [0.2, 0.25) is 0 Å². The standard InChI is InChI=1S/C20H25N5O2/c1-15-18(16(2)25-20(23-15)21-14-22-25)9-10-19(26)24(11-12-27-3)13-17-7-5-4-6-8-17/h4-8,14H,9-13H2,1-3H3. The summed E-state index contributed by atoms with van der Waals surface area (Å²) in [4.78, 5) is 23.3. The molecular weight excluding hydrogens is 342 g/mol. The lowest BCUT2D eigenvalue weighted by atomic mass is 10.1. The van der Waals surface area contributed by atoms with Gasteiger partial charge in [0.05, 0.1) is 6.61 Å². The van der Waals surface area contributed by atoms with Crippen molar-refractivity contribution in [3.05, 3.63) is 59.2 Å². The second-order valence-corrected chi connectivity index (χ2v) is 6.53. The largest absolute Gasteiger partial charge is 0.383 e. The van der Waals surface area contributed by atoms with E-state index < -0.39 is 0 Å². The number of nitrogens with zero attached hydrogens (tertiary/aromatic N) is 5. The predicted octanol–water partition coefficient (Wildman–Crippen LogP) is 2.35. The van der Waals surface area contributed by atoms with Crippen molar-refractivity contribution in [2.45, 2.75) is 33.2 Å². The maximum absolute atomic E-state index is 12.9. The highest BCUT2D eigenvalue weighted by Crippen LogP contribution is 2.16. The van der Waals surface area contributed by atoms with Crippen LogP contribution in [0.4, 0.5) is 0 Å². The second kappa shape index (κ2) is 8.73. The normalized spacial score (nSPS) is 11.1. The minimum absolute atomic E-state index is 0.105. The maximum Gasteiger partial charge on any atom is 0.252 e. The molecule has 27 heavy (non-hydrogen) atoms. The number of fused-ring (bicyclic) bond motifs is 1. The summed E-state index contributed by atoms with van der Waals surface area (Å²) in [6.07, 6.45) is 2.54. The van der Waals surface area contributed by atoms with E-state index in [1.54, 1.807) is 11.6 Å². The monoisotopic (exact) mass is 367 g/mol. The number of aryl methyl sites for hydroxylation is 2. The Morgan fingerprint density at radius 2 is 2.00 bits per heavy atom. The number of rotatable bonds is 8. The average Bonchev–Trinajstić information content (AvgIpc) is 3.14. The Kier molecular flexibility index (Phi) is 6.13. The molecule has 0 aliphatic carbocycles. The van der Waals surface area contributed by atoms with Crippen LogP contribution in [0.25, 0.3) is 5.78 Å². The number of benzene rings is 1. The van der Waals surface area contributed by atoms with Gasteiger partial charge in [-0.2, -0.15) is 10.1 Å². The Morgan fingerprint density at radius 1 is 1.22 bits per heavy atom. The molecule has 0 aliphatic rings. The van der Waals surface area contributed by atoms with Crippen molar-refractivity contribution in [2.24, 2.45) is 0 Å². The molecule has 7 heteroatoms. The predicted molar refractivity (Wildman–Crippen MR) is 102 cm³/mol. The smallest absolute Gasteiger partial charge is 0.252 e. The lowest BCUT2D eigenvalue weighted by Crippen LogP contribution is -2.33. The third-order valence-corrected chi connectivity index (χ3v) is 4.71.